The van der Waals surface area contributed by atoms with Gasteiger partial charge in [-0.1, -0.05) is 17.7 Å². The fourth-order valence-corrected chi connectivity index (χ4v) is 2.47. The molecular weight excluding hydrogens is 268 g/mol. The van der Waals surface area contributed by atoms with Gasteiger partial charge in [-0.15, -0.1) is 0 Å². The summed E-state index contributed by atoms with van der Waals surface area (Å²) in [7, 11) is 1.32. The topological polar surface area (TPSA) is 72.6 Å². The normalized spacial score (nSPS) is 18.4. The van der Waals surface area contributed by atoms with E-state index in [1.165, 1.54) is 12.0 Å². The van der Waals surface area contributed by atoms with Gasteiger partial charge in [0.05, 0.1) is 23.4 Å². The van der Waals surface area contributed by atoms with Crippen LogP contribution in [0.3, 0.4) is 0 Å². The molecule has 0 unspecified atom stereocenters. The van der Waals surface area contributed by atoms with Gasteiger partial charge in [-0.3, -0.25) is 4.79 Å². The van der Waals surface area contributed by atoms with Crippen LogP contribution in [0.4, 0.5) is 5.69 Å². The molecule has 1 amide bonds. The Kier molecular flexibility index (Phi) is 3.95. The van der Waals surface area contributed by atoms with Crippen molar-refractivity contribution >= 4 is 29.2 Å². The summed E-state index contributed by atoms with van der Waals surface area (Å²) in [6.45, 7) is 0.518. The number of carbonyl (C=O) groups excluding carboxylic acids is 2. The third kappa shape index (κ3) is 2.51. The zero-order valence-corrected chi connectivity index (χ0v) is 11.3. The van der Waals surface area contributed by atoms with Crippen molar-refractivity contribution in [3.05, 3.63) is 28.8 Å². The molecule has 1 saturated heterocycles. The first-order valence-electron chi connectivity index (χ1n) is 5.99. The molecule has 0 aliphatic carbocycles. The highest BCUT2D eigenvalue weighted by molar-refractivity contribution is 6.36. The molecule has 6 heteroatoms. The zero-order valence-electron chi connectivity index (χ0n) is 10.6. The molecule has 0 radical (unpaired) electrons. The van der Waals surface area contributed by atoms with Crippen LogP contribution in [0.2, 0.25) is 5.02 Å². The molecule has 0 spiro atoms. The fraction of sp³-hybridized carbons (Fsp3) is 0.385. The van der Waals surface area contributed by atoms with E-state index in [1.54, 1.807) is 18.2 Å². The lowest BCUT2D eigenvalue weighted by Crippen LogP contribution is -2.41. The fourth-order valence-electron chi connectivity index (χ4n) is 2.26. The number of esters is 1. The Morgan fingerprint density at radius 2 is 2.21 bits per heavy atom. The van der Waals surface area contributed by atoms with Gasteiger partial charge < -0.3 is 15.4 Å². The van der Waals surface area contributed by atoms with Gasteiger partial charge in [-0.05, 0) is 25.0 Å². The summed E-state index contributed by atoms with van der Waals surface area (Å²) in [6.07, 6.45) is 1.38. The number of carbonyl (C=O) groups is 2. The van der Waals surface area contributed by atoms with E-state index in [1.807, 2.05) is 0 Å². The van der Waals surface area contributed by atoms with E-state index in [4.69, 9.17) is 22.1 Å². The maximum absolute atomic E-state index is 12.4. The minimum absolute atomic E-state index is 0.225. The van der Waals surface area contributed by atoms with Crippen molar-refractivity contribution in [2.45, 2.75) is 18.9 Å². The number of methoxy groups -OCH3 is 1. The lowest BCUT2D eigenvalue weighted by molar-refractivity contribution is -0.145. The Morgan fingerprint density at radius 1 is 1.47 bits per heavy atom. The third-order valence-corrected chi connectivity index (χ3v) is 3.67. The van der Waals surface area contributed by atoms with E-state index >= 15 is 0 Å². The number of halogens is 1. The van der Waals surface area contributed by atoms with Gasteiger partial charge in [0.2, 0.25) is 0 Å². The monoisotopic (exact) mass is 282 g/mol. The second kappa shape index (κ2) is 5.48. The summed E-state index contributed by atoms with van der Waals surface area (Å²) in [5.74, 6) is -0.684. The molecule has 1 aromatic rings. The minimum Gasteiger partial charge on any atom is -0.467 e. The number of amides is 1. The number of benzene rings is 1. The Bertz CT molecular complexity index is 519. The Balaban J connectivity index is 2.28. The number of rotatable bonds is 2. The van der Waals surface area contributed by atoms with Crippen molar-refractivity contribution < 1.29 is 14.3 Å². The van der Waals surface area contributed by atoms with E-state index in [-0.39, 0.29) is 10.9 Å². The van der Waals surface area contributed by atoms with Crippen LogP contribution in [-0.2, 0) is 9.53 Å². The van der Waals surface area contributed by atoms with Crippen molar-refractivity contribution in [3.8, 4) is 0 Å². The number of nitrogen functional groups attached to an aromatic ring is 1. The summed E-state index contributed by atoms with van der Waals surface area (Å²) >= 11 is 6.04. The Morgan fingerprint density at radius 3 is 2.89 bits per heavy atom. The van der Waals surface area contributed by atoms with Crippen LogP contribution in [0, 0.1) is 0 Å². The van der Waals surface area contributed by atoms with Crippen LogP contribution >= 0.6 is 11.6 Å². The van der Waals surface area contributed by atoms with E-state index in [0.29, 0.717) is 24.2 Å². The van der Waals surface area contributed by atoms with Crippen LogP contribution in [0.25, 0.3) is 0 Å². The number of anilines is 1. The van der Waals surface area contributed by atoms with Crippen LogP contribution in [0.15, 0.2) is 18.2 Å². The van der Waals surface area contributed by atoms with Crippen molar-refractivity contribution in [1.82, 2.24) is 4.90 Å². The van der Waals surface area contributed by atoms with Gasteiger partial charge in [0.15, 0.2) is 0 Å². The van der Waals surface area contributed by atoms with Crippen LogP contribution < -0.4 is 5.73 Å². The molecule has 1 aromatic carbocycles. The van der Waals surface area contributed by atoms with Gasteiger partial charge >= 0.3 is 5.97 Å². The number of nitrogens with two attached hydrogens (primary N) is 1. The Hall–Kier alpha value is -1.75. The third-order valence-electron chi connectivity index (χ3n) is 3.25. The predicted octanol–water partition coefficient (Wildman–Crippen LogP) is 1.70. The Labute approximate surface area is 116 Å². The molecule has 2 rings (SSSR count). The highest BCUT2D eigenvalue weighted by Gasteiger charge is 2.35. The van der Waals surface area contributed by atoms with E-state index < -0.39 is 12.0 Å². The van der Waals surface area contributed by atoms with E-state index in [9.17, 15) is 9.59 Å². The van der Waals surface area contributed by atoms with E-state index in [2.05, 4.69) is 0 Å². The van der Waals surface area contributed by atoms with Crippen LogP contribution in [0.5, 0.6) is 0 Å². The molecule has 102 valence electrons. The average molecular weight is 283 g/mol. The molecule has 0 bridgehead atoms. The largest absolute Gasteiger partial charge is 0.467 e. The van der Waals surface area contributed by atoms with Crippen molar-refractivity contribution in [1.29, 1.82) is 0 Å². The molecule has 1 aliphatic rings. The first kappa shape index (κ1) is 13.7. The maximum atomic E-state index is 12.4. The van der Waals surface area contributed by atoms with Crippen molar-refractivity contribution in [3.63, 3.8) is 0 Å². The van der Waals surface area contributed by atoms with Crippen molar-refractivity contribution in [2.24, 2.45) is 0 Å². The number of likely N-dealkylation sites (tertiary alicyclic amines) is 1. The summed E-state index contributed by atoms with van der Waals surface area (Å²) in [5.41, 5.74) is 6.35. The average Bonchev–Trinajstić information content (AvgIpc) is 2.89. The van der Waals surface area contributed by atoms with Gasteiger partial charge in [-0.2, -0.15) is 0 Å². The quantitative estimate of drug-likeness (QED) is 0.662. The van der Waals surface area contributed by atoms with Gasteiger partial charge in [-0.25, -0.2) is 4.79 Å². The molecule has 1 atom stereocenters. The SMILES string of the molecule is COC(=O)[C@@H]1CCCN1C(=O)c1cccc(N)c1Cl. The number of hydrogen-bond acceptors (Lipinski definition) is 4. The number of hydrogen-bond donors (Lipinski definition) is 1. The van der Waals surface area contributed by atoms with Crippen LogP contribution in [-0.4, -0.2) is 36.5 Å². The van der Waals surface area contributed by atoms with Gasteiger partial charge in [0.25, 0.3) is 5.91 Å². The molecule has 1 heterocycles. The highest BCUT2D eigenvalue weighted by atomic mass is 35.5. The lowest BCUT2D eigenvalue weighted by atomic mass is 10.1. The number of ether oxygens (including phenoxy) is 1. The second-order valence-corrected chi connectivity index (χ2v) is 4.77. The minimum atomic E-state index is -0.532. The standard InChI is InChI=1S/C13H15ClN2O3/c1-19-13(18)10-6-3-7-16(10)12(17)8-4-2-5-9(15)11(8)14/h2,4-5,10H,3,6-7,15H2,1H3/t10-/m0/s1. The van der Waals surface area contributed by atoms with Crippen LogP contribution in [0.1, 0.15) is 23.2 Å². The highest BCUT2D eigenvalue weighted by Crippen LogP contribution is 2.27. The first-order valence-corrected chi connectivity index (χ1v) is 6.37. The number of nitrogens with zero attached hydrogens (tertiary/aromatic N) is 1. The predicted molar refractivity (Wildman–Crippen MR) is 71.9 cm³/mol. The molecule has 19 heavy (non-hydrogen) atoms. The summed E-state index contributed by atoms with van der Waals surface area (Å²) < 4.78 is 4.71. The smallest absolute Gasteiger partial charge is 0.328 e. The second-order valence-electron chi connectivity index (χ2n) is 4.39. The zero-order chi connectivity index (χ0) is 14.0. The lowest BCUT2D eigenvalue weighted by Gasteiger charge is -2.23. The molecule has 1 fully saturated rings. The molecular formula is C13H15ClN2O3. The van der Waals surface area contributed by atoms with Gasteiger partial charge in [0, 0.05) is 6.54 Å². The van der Waals surface area contributed by atoms with E-state index in [0.717, 1.165) is 6.42 Å². The molecule has 2 N–H and O–H groups in total. The first-order chi connectivity index (χ1) is 9.06. The van der Waals surface area contributed by atoms with Crippen molar-refractivity contribution in [2.75, 3.05) is 19.4 Å². The molecule has 0 aromatic heterocycles. The molecule has 0 saturated carbocycles. The molecule has 5 nitrogen and oxygen atoms in total. The summed E-state index contributed by atoms with van der Waals surface area (Å²) in [4.78, 5) is 25.6. The summed E-state index contributed by atoms with van der Waals surface area (Å²) in [6, 6.07) is 4.36. The molecule has 1 aliphatic heterocycles. The van der Waals surface area contributed by atoms with Gasteiger partial charge in [0.1, 0.15) is 6.04 Å². The maximum Gasteiger partial charge on any atom is 0.328 e. The summed E-state index contributed by atoms with van der Waals surface area (Å²) in [5, 5.41) is 0.225.